The number of hydrogen-bond donors (Lipinski definition) is 2. The van der Waals surface area contributed by atoms with Crippen LogP contribution in [0.15, 0.2) is 76.2 Å². The van der Waals surface area contributed by atoms with Crippen molar-refractivity contribution >= 4 is 23.4 Å². The summed E-state index contributed by atoms with van der Waals surface area (Å²) in [6.07, 6.45) is 0.933. The van der Waals surface area contributed by atoms with Crippen molar-refractivity contribution in [3.8, 4) is 6.07 Å². The maximum Gasteiger partial charge on any atom is 0.349 e. The first-order chi connectivity index (χ1) is 11.6. The highest BCUT2D eigenvalue weighted by Gasteiger charge is 2.04. The van der Waals surface area contributed by atoms with Crippen LogP contribution in [0.3, 0.4) is 0 Å². The molecule has 0 aromatic heterocycles. The molecule has 0 saturated carbocycles. The lowest BCUT2D eigenvalue weighted by Crippen LogP contribution is -1.98. The highest BCUT2D eigenvalue weighted by molar-refractivity contribution is 7.99. The lowest BCUT2D eigenvalue weighted by Gasteiger charge is -2.01. The van der Waals surface area contributed by atoms with Crippen LogP contribution in [0.5, 0.6) is 0 Å². The highest BCUT2D eigenvalue weighted by atomic mass is 32.2. The van der Waals surface area contributed by atoms with Gasteiger partial charge in [0, 0.05) is 15.5 Å². The Morgan fingerprint density at radius 3 is 2.29 bits per heavy atom. The van der Waals surface area contributed by atoms with E-state index < -0.39 is 5.97 Å². The molecule has 0 saturated heterocycles. The predicted octanol–water partition coefficient (Wildman–Crippen LogP) is 3.93. The average molecular weight is 342 g/mol. The van der Waals surface area contributed by atoms with E-state index in [0.29, 0.717) is 6.61 Å². The summed E-state index contributed by atoms with van der Waals surface area (Å²) >= 11 is 1.74. The van der Waals surface area contributed by atoms with Crippen molar-refractivity contribution in [3.63, 3.8) is 0 Å². The minimum atomic E-state index is -1.27. The van der Waals surface area contributed by atoms with E-state index in [0.717, 1.165) is 11.9 Å². The van der Waals surface area contributed by atoms with E-state index in [-0.39, 0.29) is 5.57 Å². The molecule has 0 heterocycles. The number of hydrogen-bond acceptors (Lipinski definition) is 5. The van der Waals surface area contributed by atoms with Gasteiger partial charge in [-0.1, -0.05) is 30.0 Å². The van der Waals surface area contributed by atoms with Gasteiger partial charge in [0.05, 0.1) is 6.61 Å². The number of anilines is 1. The van der Waals surface area contributed by atoms with Crippen LogP contribution in [0.4, 0.5) is 5.69 Å². The standard InChI is InChI=1S/C12H11NS.C6H7NO3/c13-10-6-8-12(9-7-10)14-11-4-2-1-3-5-11;1-2-10-4-5(3-7)6(8)9/h1-9H,13H2;4H,2H2,1H3,(H,8,9). The van der Waals surface area contributed by atoms with E-state index in [2.05, 4.69) is 16.9 Å². The minimum absolute atomic E-state index is 0.360. The van der Waals surface area contributed by atoms with Gasteiger partial charge in [-0.05, 0) is 43.3 Å². The molecule has 5 nitrogen and oxygen atoms in total. The van der Waals surface area contributed by atoms with Crippen LogP contribution in [-0.2, 0) is 9.53 Å². The van der Waals surface area contributed by atoms with Gasteiger partial charge in [0.2, 0.25) is 0 Å². The molecule has 2 rings (SSSR count). The van der Waals surface area contributed by atoms with Crippen LogP contribution >= 0.6 is 11.8 Å². The summed E-state index contributed by atoms with van der Waals surface area (Å²) in [5.41, 5.74) is 6.03. The SMILES string of the molecule is CCOC=C(C#N)C(=O)O.Nc1ccc(Sc2ccccc2)cc1. The van der Waals surface area contributed by atoms with Gasteiger partial charge < -0.3 is 15.6 Å². The Kier molecular flexibility index (Phi) is 8.58. The first-order valence-corrected chi connectivity index (χ1v) is 7.92. The molecule has 124 valence electrons. The molecule has 0 fully saturated rings. The Morgan fingerprint density at radius 2 is 1.79 bits per heavy atom. The zero-order valence-corrected chi connectivity index (χ0v) is 14.0. The molecule has 0 atom stereocenters. The van der Waals surface area contributed by atoms with E-state index in [1.54, 1.807) is 18.7 Å². The van der Waals surface area contributed by atoms with Crippen molar-refractivity contribution in [2.45, 2.75) is 16.7 Å². The number of nitrogens with two attached hydrogens (primary N) is 1. The Bertz CT molecular complexity index is 707. The second-order valence-corrected chi connectivity index (χ2v) is 5.53. The number of carbonyl (C=O) groups is 1. The molecule has 24 heavy (non-hydrogen) atoms. The Hall–Kier alpha value is -2.91. The summed E-state index contributed by atoms with van der Waals surface area (Å²) in [5.74, 6) is -1.27. The van der Waals surface area contributed by atoms with Gasteiger partial charge in [0.15, 0.2) is 5.57 Å². The van der Waals surface area contributed by atoms with Gasteiger partial charge in [-0.2, -0.15) is 5.26 Å². The fourth-order valence-corrected chi connectivity index (χ4v) is 2.29. The fraction of sp³-hybridized carbons (Fsp3) is 0.111. The molecule has 0 bridgehead atoms. The molecule has 0 radical (unpaired) electrons. The van der Waals surface area contributed by atoms with Crippen LogP contribution in [0.25, 0.3) is 0 Å². The normalized spacial score (nSPS) is 10.1. The number of ether oxygens (including phenoxy) is 1. The summed E-state index contributed by atoms with van der Waals surface area (Å²) in [5, 5.41) is 16.4. The summed E-state index contributed by atoms with van der Waals surface area (Å²) in [6, 6.07) is 19.7. The third-order valence-electron chi connectivity index (χ3n) is 2.58. The van der Waals surface area contributed by atoms with E-state index in [1.807, 2.05) is 42.5 Å². The molecular weight excluding hydrogens is 324 g/mol. The van der Waals surface area contributed by atoms with E-state index in [4.69, 9.17) is 16.1 Å². The summed E-state index contributed by atoms with van der Waals surface area (Å²) in [6.45, 7) is 2.06. The van der Waals surface area contributed by atoms with E-state index in [9.17, 15) is 4.79 Å². The van der Waals surface area contributed by atoms with E-state index >= 15 is 0 Å². The number of nitriles is 1. The molecule has 2 aromatic rings. The number of aliphatic carboxylic acids is 1. The highest BCUT2D eigenvalue weighted by Crippen LogP contribution is 2.27. The van der Waals surface area contributed by atoms with Crippen molar-refractivity contribution in [2.24, 2.45) is 0 Å². The summed E-state index contributed by atoms with van der Waals surface area (Å²) in [7, 11) is 0. The largest absolute Gasteiger partial charge is 0.500 e. The third-order valence-corrected chi connectivity index (χ3v) is 3.59. The number of nitrogens with zero attached hydrogens (tertiary/aromatic N) is 1. The van der Waals surface area contributed by atoms with Gasteiger partial charge >= 0.3 is 5.97 Å². The molecular formula is C18H18N2O3S. The van der Waals surface area contributed by atoms with Gasteiger partial charge in [-0.15, -0.1) is 0 Å². The van der Waals surface area contributed by atoms with Crippen LogP contribution in [0.1, 0.15) is 6.92 Å². The molecule has 6 heteroatoms. The Morgan fingerprint density at radius 1 is 1.21 bits per heavy atom. The zero-order chi connectivity index (χ0) is 17.8. The van der Waals surface area contributed by atoms with Gasteiger partial charge in [-0.3, -0.25) is 0 Å². The second-order valence-electron chi connectivity index (χ2n) is 4.39. The summed E-state index contributed by atoms with van der Waals surface area (Å²) in [4.78, 5) is 12.5. The Labute approximate surface area is 145 Å². The van der Waals surface area contributed by atoms with Gasteiger partial charge in [0.25, 0.3) is 0 Å². The van der Waals surface area contributed by atoms with Crippen molar-refractivity contribution < 1.29 is 14.6 Å². The molecule has 0 aliphatic heterocycles. The molecule has 0 aliphatic rings. The first-order valence-electron chi connectivity index (χ1n) is 7.10. The third kappa shape index (κ3) is 7.38. The van der Waals surface area contributed by atoms with Crippen LogP contribution in [-0.4, -0.2) is 17.7 Å². The molecule has 2 aromatic carbocycles. The smallest absolute Gasteiger partial charge is 0.349 e. The van der Waals surface area contributed by atoms with Crippen molar-refractivity contribution in [1.82, 2.24) is 0 Å². The molecule has 0 spiro atoms. The van der Waals surface area contributed by atoms with Crippen LogP contribution in [0, 0.1) is 11.3 Å². The lowest BCUT2D eigenvalue weighted by molar-refractivity contribution is -0.132. The molecule has 0 unspecified atom stereocenters. The zero-order valence-electron chi connectivity index (χ0n) is 13.2. The lowest BCUT2D eigenvalue weighted by atomic mass is 10.3. The Balaban J connectivity index is 0.000000257. The van der Waals surface area contributed by atoms with Crippen molar-refractivity contribution in [1.29, 1.82) is 5.26 Å². The van der Waals surface area contributed by atoms with Gasteiger partial charge in [0.1, 0.15) is 12.3 Å². The quantitative estimate of drug-likeness (QED) is 0.370. The number of carboxylic acids is 1. The van der Waals surface area contributed by atoms with Crippen LogP contribution in [0.2, 0.25) is 0 Å². The van der Waals surface area contributed by atoms with Crippen LogP contribution < -0.4 is 5.73 Å². The second kappa shape index (κ2) is 10.8. The summed E-state index contributed by atoms with van der Waals surface area (Å²) < 4.78 is 4.58. The average Bonchev–Trinajstić information content (AvgIpc) is 2.59. The maximum absolute atomic E-state index is 10.1. The number of benzene rings is 2. The maximum atomic E-state index is 10.1. The molecule has 0 aliphatic carbocycles. The topological polar surface area (TPSA) is 96.3 Å². The fourth-order valence-electron chi connectivity index (χ4n) is 1.45. The van der Waals surface area contributed by atoms with Gasteiger partial charge in [-0.25, -0.2) is 4.79 Å². The van der Waals surface area contributed by atoms with Crippen molar-refractivity contribution in [2.75, 3.05) is 12.3 Å². The number of carboxylic acid groups (broad SMARTS) is 1. The van der Waals surface area contributed by atoms with Crippen molar-refractivity contribution in [3.05, 3.63) is 66.4 Å². The minimum Gasteiger partial charge on any atom is -0.500 e. The molecule has 3 N–H and O–H groups in total. The number of rotatable bonds is 5. The predicted molar refractivity (Wildman–Crippen MR) is 94.4 cm³/mol. The van der Waals surface area contributed by atoms with E-state index in [1.165, 1.54) is 15.9 Å². The number of nitrogen functional groups attached to an aromatic ring is 1. The monoisotopic (exact) mass is 342 g/mol. The first kappa shape index (κ1) is 19.1. The molecule has 0 amide bonds.